The van der Waals surface area contributed by atoms with Crippen molar-refractivity contribution in [1.29, 1.82) is 0 Å². The molecule has 0 saturated heterocycles. The minimum atomic E-state index is -0.00980. The van der Waals surface area contributed by atoms with E-state index >= 15 is 0 Å². The van der Waals surface area contributed by atoms with E-state index < -0.39 is 0 Å². The first-order chi connectivity index (χ1) is 9.29. The molecule has 3 rings (SSSR count). The summed E-state index contributed by atoms with van der Waals surface area (Å²) in [4.78, 5) is 25.6. The molecular formula is C13H14N4OS. The second-order valence-corrected chi connectivity index (χ2v) is 5.34. The predicted molar refractivity (Wildman–Crippen MR) is 74.0 cm³/mol. The Morgan fingerprint density at radius 1 is 1.63 bits per heavy atom. The minimum absolute atomic E-state index is 0.00980. The highest BCUT2D eigenvalue weighted by Crippen LogP contribution is 2.29. The number of thiazole rings is 1. The molecule has 1 N–H and O–H groups in total. The van der Waals surface area contributed by atoms with Crippen molar-refractivity contribution in [1.82, 2.24) is 19.9 Å². The first kappa shape index (κ1) is 12.1. The molecule has 0 atom stereocenters. The standard InChI is InChI=1S/C13H14N4OS/c1-2-5-17(9-3-4-9)13(18)11-7-19-12(16-11)10-6-14-8-15-10/h2,6-9H,1,3-5H2,(H,14,15). The number of imidazole rings is 1. The fraction of sp³-hybridized carbons (Fsp3) is 0.308. The van der Waals surface area contributed by atoms with E-state index in [-0.39, 0.29) is 5.91 Å². The van der Waals surface area contributed by atoms with Crippen LogP contribution in [0.3, 0.4) is 0 Å². The molecule has 0 bridgehead atoms. The van der Waals surface area contributed by atoms with Crippen molar-refractivity contribution in [3.63, 3.8) is 0 Å². The number of amides is 1. The van der Waals surface area contributed by atoms with Gasteiger partial charge in [-0.3, -0.25) is 4.79 Å². The average molecular weight is 274 g/mol. The molecule has 19 heavy (non-hydrogen) atoms. The van der Waals surface area contributed by atoms with Crippen molar-refractivity contribution in [3.05, 3.63) is 36.3 Å². The summed E-state index contributed by atoms with van der Waals surface area (Å²) < 4.78 is 0. The van der Waals surface area contributed by atoms with Crippen LogP contribution in [0.4, 0.5) is 0 Å². The van der Waals surface area contributed by atoms with E-state index in [1.165, 1.54) is 11.3 Å². The Labute approximate surface area is 115 Å². The lowest BCUT2D eigenvalue weighted by molar-refractivity contribution is 0.0757. The van der Waals surface area contributed by atoms with Gasteiger partial charge in [-0.15, -0.1) is 17.9 Å². The summed E-state index contributed by atoms with van der Waals surface area (Å²) in [6.07, 6.45) is 7.23. The molecule has 5 nitrogen and oxygen atoms in total. The number of rotatable bonds is 5. The van der Waals surface area contributed by atoms with E-state index in [2.05, 4.69) is 21.5 Å². The molecule has 2 aromatic rings. The topological polar surface area (TPSA) is 61.9 Å². The van der Waals surface area contributed by atoms with E-state index in [0.717, 1.165) is 23.5 Å². The Bertz CT molecular complexity index is 586. The largest absolute Gasteiger partial charge is 0.343 e. The quantitative estimate of drug-likeness (QED) is 0.851. The van der Waals surface area contributed by atoms with Crippen molar-refractivity contribution in [3.8, 4) is 10.7 Å². The molecule has 0 radical (unpaired) electrons. The maximum absolute atomic E-state index is 12.4. The van der Waals surface area contributed by atoms with Crippen LogP contribution in [0.2, 0.25) is 0 Å². The van der Waals surface area contributed by atoms with E-state index in [9.17, 15) is 4.79 Å². The highest BCUT2D eigenvalue weighted by molar-refractivity contribution is 7.13. The molecule has 0 aromatic carbocycles. The van der Waals surface area contributed by atoms with Gasteiger partial charge in [-0.2, -0.15) is 0 Å². The van der Waals surface area contributed by atoms with Crippen LogP contribution in [-0.4, -0.2) is 38.3 Å². The van der Waals surface area contributed by atoms with Crippen molar-refractivity contribution in [2.75, 3.05) is 6.54 Å². The Hall–Kier alpha value is -1.95. The summed E-state index contributed by atoms with van der Waals surface area (Å²) in [7, 11) is 0. The fourth-order valence-corrected chi connectivity index (χ4v) is 2.71. The van der Waals surface area contributed by atoms with Gasteiger partial charge in [0.15, 0.2) is 0 Å². The SMILES string of the molecule is C=CCN(C(=O)c1csc(-c2cnc[nH]2)n1)C1CC1. The van der Waals surface area contributed by atoms with Gasteiger partial charge < -0.3 is 9.88 Å². The summed E-state index contributed by atoms with van der Waals surface area (Å²) in [6.45, 7) is 4.29. The van der Waals surface area contributed by atoms with Crippen LogP contribution in [0.1, 0.15) is 23.3 Å². The lowest BCUT2D eigenvalue weighted by atomic mass is 10.3. The molecular weight excluding hydrogens is 260 g/mol. The molecule has 1 saturated carbocycles. The second-order valence-electron chi connectivity index (χ2n) is 4.48. The van der Waals surface area contributed by atoms with E-state index in [0.29, 0.717) is 18.3 Å². The smallest absolute Gasteiger partial charge is 0.273 e. The maximum atomic E-state index is 12.4. The van der Waals surface area contributed by atoms with Gasteiger partial charge in [0, 0.05) is 18.0 Å². The highest BCUT2D eigenvalue weighted by Gasteiger charge is 2.33. The monoisotopic (exact) mass is 274 g/mol. The molecule has 2 heterocycles. The van der Waals surface area contributed by atoms with Gasteiger partial charge in [-0.25, -0.2) is 9.97 Å². The van der Waals surface area contributed by atoms with Gasteiger partial charge in [-0.05, 0) is 12.8 Å². The molecule has 6 heteroatoms. The molecule has 98 valence electrons. The number of H-pyrrole nitrogens is 1. The van der Waals surface area contributed by atoms with Gasteiger partial charge in [0.25, 0.3) is 5.91 Å². The normalized spacial score (nSPS) is 14.3. The van der Waals surface area contributed by atoms with Gasteiger partial charge in [0.05, 0.1) is 18.2 Å². The first-order valence-corrected chi connectivity index (χ1v) is 7.03. The van der Waals surface area contributed by atoms with Crippen molar-refractivity contribution in [2.45, 2.75) is 18.9 Å². The van der Waals surface area contributed by atoms with E-state index in [1.807, 2.05) is 4.90 Å². The van der Waals surface area contributed by atoms with Crippen LogP contribution >= 0.6 is 11.3 Å². The number of aromatic amines is 1. The number of carbonyl (C=O) groups excluding carboxylic acids is 1. The van der Waals surface area contributed by atoms with Gasteiger partial charge >= 0.3 is 0 Å². The lowest BCUT2D eigenvalue weighted by Gasteiger charge is -2.19. The third-order valence-electron chi connectivity index (χ3n) is 3.03. The van der Waals surface area contributed by atoms with Crippen molar-refractivity contribution < 1.29 is 4.79 Å². The summed E-state index contributed by atoms with van der Waals surface area (Å²) in [5.41, 5.74) is 1.34. The average Bonchev–Trinajstić information content (AvgIpc) is 2.95. The zero-order valence-corrected chi connectivity index (χ0v) is 11.2. The molecule has 0 aliphatic heterocycles. The number of carbonyl (C=O) groups is 1. The second kappa shape index (κ2) is 4.97. The lowest BCUT2D eigenvalue weighted by Crippen LogP contribution is -2.33. The molecule has 1 fully saturated rings. The number of aromatic nitrogens is 3. The molecule has 1 aliphatic carbocycles. The van der Waals surface area contributed by atoms with Gasteiger partial charge in [-0.1, -0.05) is 6.08 Å². The zero-order valence-electron chi connectivity index (χ0n) is 10.4. The minimum Gasteiger partial charge on any atom is -0.343 e. The summed E-state index contributed by atoms with van der Waals surface area (Å²) in [5.74, 6) is -0.00980. The van der Waals surface area contributed by atoms with Crippen molar-refractivity contribution in [2.24, 2.45) is 0 Å². The van der Waals surface area contributed by atoms with Gasteiger partial charge in [0.2, 0.25) is 0 Å². The summed E-state index contributed by atoms with van der Waals surface area (Å²) in [6, 6.07) is 0.364. The molecule has 0 spiro atoms. The predicted octanol–water partition coefficient (Wildman–Crippen LogP) is 2.32. The van der Waals surface area contributed by atoms with Crippen molar-refractivity contribution >= 4 is 17.2 Å². The van der Waals surface area contributed by atoms with Crippen LogP contribution in [0, 0.1) is 0 Å². The number of hydrogen-bond donors (Lipinski definition) is 1. The third kappa shape index (κ3) is 2.44. The van der Waals surface area contributed by atoms with E-state index in [1.54, 1.807) is 24.0 Å². The highest BCUT2D eigenvalue weighted by atomic mass is 32.1. The number of nitrogens with one attached hydrogen (secondary N) is 1. The van der Waals surface area contributed by atoms with Crippen LogP contribution < -0.4 is 0 Å². The van der Waals surface area contributed by atoms with E-state index in [4.69, 9.17) is 0 Å². The number of nitrogens with zero attached hydrogens (tertiary/aromatic N) is 3. The fourth-order valence-electron chi connectivity index (χ4n) is 1.94. The Kier molecular flexibility index (Phi) is 3.16. The number of hydrogen-bond acceptors (Lipinski definition) is 4. The zero-order chi connectivity index (χ0) is 13.2. The molecule has 1 amide bonds. The summed E-state index contributed by atoms with van der Waals surface area (Å²) in [5, 5.41) is 2.59. The Morgan fingerprint density at radius 3 is 3.11 bits per heavy atom. The van der Waals surface area contributed by atoms with Crippen LogP contribution in [-0.2, 0) is 0 Å². The molecule has 2 aromatic heterocycles. The maximum Gasteiger partial charge on any atom is 0.273 e. The van der Waals surface area contributed by atoms with Crippen LogP contribution in [0.25, 0.3) is 10.7 Å². The molecule has 1 aliphatic rings. The van der Waals surface area contributed by atoms with Gasteiger partial charge in [0.1, 0.15) is 10.7 Å². The Morgan fingerprint density at radius 2 is 2.47 bits per heavy atom. The third-order valence-corrected chi connectivity index (χ3v) is 3.90. The van der Waals surface area contributed by atoms with Crippen LogP contribution in [0.5, 0.6) is 0 Å². The molecule has 0 unspecified atom stereocenters. The summed E-state index contributed by atoms with van der Waals surface area (Å²) >= 11 is 1.45. The van der Waals surface area contributed by atoms with Crippen LogP contribution in [0.15, 0.2) is 30.6 Å². The first-order valence-electron chi connectivity index (χ1n) is 6.15. The Balaban J connectivity index is 1.81.